The molecule has 4 N–H and O–H groups in total. The number of nitrogens with two attached hydrogens (primary N) is 1. The number of alkyl halides is 1. The average Bonchev–Trinajstić information content (AvgIpc) is 3.15. The lowest BCUT2D eigenvalue weighted by molar-refractivity contribution is -0.115. The molecule has 0 aliphatic carbocycles. The van der Waals surface area contributed by atoms with Crippen LogP contribution in [-0.4, -0.2) is 46.7 Å². The molecule has 1 saturated heterocycles. The number of halogens is 1. The lowest BCUT2D eigenvalue weighted by Gasteiger charge is -2.17. The summed E-state index contributed by atoms with van der Waals surface area (Å²) in [6.45, 7) is 4.32. The van der Waals surface area contributed by atoms with E-state index in [1.165, 1.54) is 11.8 Å². The van der Waals surface area contributed by atoms with Gasteiger partial charge >= 0.3 is 0 Å². The third-order valence-electron chi connectivity index (χ3n) is 4.51. The van der Waals surface area contributed by atoms with Gasteiger partial charge < -0.3 is 21.4 Å². The first-order valence-electron chi connectivity index (χ1n) is 10.0. The molecule has 1 amide bonds. The van der Waals surface area contributed by atoms with Crippen LogP contribution in [0.1, 0.15) is 33.1 Å². The van der Waals surface area contributed by atoms with Crippen molar-refractivity contribution in [3.63, 3.8) is 0 Å². The molecular formula is C21H26FN7OS. The van der Waals surface area contributed by atoms with Gasteiger partial charge in [-0.05, 0) is 49.4 Å². The predicted molar refractivity (Wildman–Crippen MR) is 123 cm³/mol. The molecule has 0 spiro atoms. The van der Waals surface area contributed by atoms with Crippen molar-refractivity contribution >= 4 is 46.5 Å². The second-order valence-corrected chi connectivity index (χ2v) is 8.33. The molecule has 0 saturated carbocycles. The van der Waals surface area contributed by atoms with E-state index in [2.05, 4.69) is 20.3 Å². The van der Waals surface area contributed by atoms with E-state index in [1.54, 1.807) is 19.9 Å². The van der Waals surface area contributed by atoms with Gasteiger partial charge in [-0.1, -0.05) is 6.92 Å². The molecule has 8 nitrogen and oxygen atoms in total. The van der Waals surface area contributed by atoms with Crippen molar-refractivity contribution in [3.8, 4) is 0 Å². The zero-order chi connectivity index (χ0) is 22.4. The average molecular weight is 444 g/mol. The molecule has 31 heavy (non-hydrogen) atoms. The van der Waals surface area contributed by atoms with Crippen LogP contribution in [0.4, 0.5) is 21.7 Å². The highest BCUT2D eigenvalue weighted by atomic mass is 32.2. The van der Waals surface area contributed by atoms with Crippen LogP contribution >= 0.6 is 11.8 Å². The van der Waals surface area contributed by atoms with Crippen LogP contribution in [0.5, 0.6) is 0 Å². The molecule has 1 aliphatic rings. The Morgan fingerprint density at radius 1 is 1.39 bits per heavy atom. The van der Waals surface area contributed by atoms with Gasteiger partial charge in [0.1, 0.15) is 17.8 Å². The summed E-state index contributed by atoms with van der Waals surface area (Å²) in [7, 11) is 0. The van der Waals surface area contributed by atoms with E-state index in [0.29, 0.717) is 41.9 Å². The number of amidine groups is 1. The first-order chi connectivity index (χ1) is 14.8. The van der Waals surface area contributed by atoms with Crippen LogP contribution in [0.2, 0.25) is 0 Å². The van der Waals surface area contributed by atoms with Gasteiger partial charge in [0.15, 0.2) is 11.0 Å². The van der Waals surface area contributed by atoms with E-state index in [-0.39, 0.29) is 24.7 Å². The van der Waals surface area contributed by atoms with E-state index in [4.69, 9.17) is 11.1 Å². The van der Waals surface area contributed by atoms with E-state index >= 15 is 0 Å². The third kappa shape index (κ3) is 6.74. The SMILES string of the molecule is CCC(=O)Nc1ccc(Sc2nc(N=C(N)CC(C)=N)cc(N3CCC(F)C3)n2)cc1. The number of amides is 1. The van der Waals surface area contributed by atoms with Gasteiger partial charge in [-0.15, -0.1) is 0 Å². The zero-order valence-corrected chi connectivity index (χ0v) is 18.4. The number of hydrogen-bond acceptors (Lipinski definition) is 7. The second kappa shape index (κ2) is 10.3. The normalized spacial score (nSPS) is 16.4. The molecule has 1 fully saturated rings. The smallest absolute Gasteiger partial charge is 0.224 e. The van der Waals surface area contributed by atoms with Crippen LogP contribution in [0, 0.1) is 5.41 Å². The molecule has 0 radical (unpaired) electrons. The van der Waals surface area contributed by atoms with Gasteiger partial charge in [0.2, 0.25) is 5.91 Å². The first kappa shape index (κ1) is 22.7. The van der Waals surface area contributed by atoms with Crippen molar-refractivity contribution in [1.29, 1.82) is 5.41 Å². The van der Waals surface area contributed by atoms with Crippen molar-refractivity contribution in [3.05, 3.63) is 30.3 Å². The summed E-state index contributed by atoms with van der Waals surface area (Å²) < 4.78 is 13.7. The number of benzene rings is 1. The monoisotopic (exact) mass is 443 g/mol. The molecule has 2 heterocycles. The number of carbonyl (C=O) groups excluding carboxylic acids is 1. The van der Waals surface area contributed by atoms with Gasteiger partial charge in [0.25, 0.3) is 0 Å². The van der Waals surface area contributed by atoms with E-state index in [9.17, 15) is 9.18 Å². The standard InChI is InChI=1S/C21H26FN7OS/c1-3-20(30)25-15-4-6-16(7-5-15)31-21-27-18(26-17(24)10-13(2)23)11-19(28-21)29-9-8-14(22)12-29/h4-7,11,14,23H,3,8-10,12H2,1-2H3,(H,25,30)(H2,24,26,27,28). The number of hydrogen-bond donors (Lipinski definition) is 3. The van der Waals surface area contributed by atoms with Gasteiger partial charge in [-0.3, -0.25) is 4.79 Å². The van der Waals surface area contributed by atoms with Crippen LogP contribution in [-0.2, 0) is 4.79 Å². The number of rotatable bonds is 8. The topological polar surface area (TPSA) is 120 Å². The third-order valence-corrected chi connectivity index (χ3v) is 5.38. The largest absolute Gasteiger partial charge is 0.387 e. The Morgan fingerprint density at radius 3 is 2.74 bits per heavy atom. The number of aromatic nitrogens is 2. The van der Waals surface area contributed by atoms with Crippen LogP contribution < -0.4 is 16.0 Å². The predicted octanol–water partition coefficient (Wildman–Crippen LogP) is 3.94. The molecule has 1 atom stereocenters. The molecule has 0 bridgehead atoms. The number of aliphatic imine (C=N–C) groups is 1. The highest BCUT2D eigenvalue weighted by Crippen LogP contribution is 2.31. The molecule has 3 rings (SSSR count). The van der Waals surface area contributed by atoms with Crippen molar-refractivity contribution in [1.82, 2.24) is 9.97 Å². The lowest BCUT2D eigenvalue weighted by Crippen LogP contribution is -2.21. The maximum Gasteiger partial charge on any atom is 0.224 e. The Morgan fingerprint density at radius 2 is 2.13 bits per heavy atom. The number of carbonyl (C=O) groups is 1. The lowest BCUT2D eigenvalue weighted by atomic mass is 10.3. The summed E-state index contributed by atoms with van der Waals surface area (Å²) in [4.78, 5) is 27.7. The zero-order valence-electron chi connectivity index (χ0n) is 17.6. The van der Waals surface area contributed by atoms with Gasteiger partial charge in [-0.25, -0.2) is 19.4 Å². The first-order valence-corrected chi connectivity index (χ1v) is 10.9. The Bertz CT molecular complexity index is 980. The molecule has 10 heteroatoms. The van der Waals surface area contributed by atoms with E-state index < -0.39 is 6.17 Å². The van der Waals surface area contributed by atoms with Gasteiger partial charge in [0, 0.05) is 41.7 Å². The fourth-order valence-electron chi connectivity index (χ4n) is 3.01. The van der Waals surface area contributed by atoms with Crippen LogP contribution in [0.25, 0.3) is 0 Å². The summed E-state index contributed by atoms with van der Waals surface area (Å²) >= 11 is 1.34. The number of anilines is 2. The molecule has 164 valence electrons. The fraction of sp³-hybridized carbons (Fsp3) is 0.381. The van der Waals surface area contributed by atoms with Crippen molar-refractivity contribution in [2.45, 2.75) is 49.3 Å². The Kier molecular flexibility index (Phi) is 7.56. The quantitative estimate of drug-likeness (QED) is 0.323. The summed E-state index contributed by atoms with van der Waals surface area (Å²) in [5.74, 6) is 1.21. The van der Waals surface area contributed by atoms with Crippen molar-refractivity contribution in [2.75, 3.05) is 23.3 Å². The highest BCUT2D eigenvalue weighted by Gasteiger charge is 2.24. The van der Waals surface area contributed by atoms with Crippen molar-refractivity contribution in [2.24, 2.45) is 10.7 Å². The molecule has 1 aliphatic heterocycles. The van der Waals surface area contributed by atoms with E-state index in [1.807, 2.05) is 29.2 Å². The molecule has 2 aromatic rings. The number of nitrogens with zero attached hydrogens (tertiary/aromatic N) is 4. The Balaban J connectivity index is 1.85. The minimum Gasteiger partial charge on any atom is -0.387 e. The minimum atomic E-state index is -0.880. The summed E-state index contributed by atoms with van der Waals surface area (Å²) in [6.07, 6.45) is 0.250. The summed E-state index contributed by atoms with van der Waals surface area (Å²) in [6, 6.07) is 9.07. The number of nitrogens with one attached hydrogen (secondary N) is 2. The van der Waals surface area contributed by atoms with Crippen molar-refractivity contribution < 1.29 is 9.18 Å². The Hall–Kier alpha value is -3.01. The highest BCUT2D eigenvalue weighted by molar-refractivity contribution is 7.99. The minimum absolute atomic E-state index is 0.0477. The summed E-state index contributed by atoms with van der Waals surface area (Å²) in [5.41, 5.74) is 7.06. The maximum atomic E-state index is 13.7. The van der Waals surface area contributed by atoms with Crippen LogP contribution in [0.15, 0.2) is 45.4 Å². The van der Waals surface area contributed by atoms with Crippen LogP contribution in [0.3, 0.4) is 0 Å². The maximum absolute atomic E-state index is 13.7. The van der Waals surface area contributed by atoms with E-state index in [0.717, 1.165) is 10.6 Å². The summed E-state index contributed by atoms with van der Waals surface area (Å²) in [5, 5.41) is 10.9. The van der Waals surface area contributed by atoms with Gasteiger partial charge in [-0.2, -0.15) is 0 Å². The fourth-order valence-corrected chi connectivity index (χ4v) is 3.77. The molecule has 1 aromatic heterocycles. The Labute approximate surface area is 185 Å². The molecular weight excluding hydrogens is 417 g/mol. The second-order valence-electron chi connectivity index (χ2n) is 7.29. The molecule has 1 aromatic carbocycles. The molecule has 1 unspecified atom stereocenters. The van der Waals surface area contributed by atoms with Gasteiger partial charge in [0.05, 0.1) is 6.54 Å².